The summed E-state index contributed by atoms with van der Waals surface area (Å²) in [5.74, 6) is -0.854. The Labute approximate surface area is 167 Å². The van der Waals surface area contributed by atoms with Gasteiger partial charge in [0.1, 0.15) is 10.6 Å². The van der Waals surface area contributed by atoms with Gasteiger partial charge in [-0.15, -0.1) is 11.3 Å². The Bertz CT molecular complexity index is 969. The third-order valence-electron chi connectivity index (χ3n) is 3.65. The number of esters is 1. The number of carbonyl (C=O) groups excluding carboxylic acids is 2. The number of benzene rings is 2. The van der Waals surface area contributed by atoms with E-state index in [4.69, 9.17) is 16.3 Å². The van der Waals surface area contributed by atoms with Gasteiger partial charge in [-0.05, 0) is 35.9 Å². The number of halogens is 2. The van der Waals surface area contributed by atoms with Crippen LogP contribution in [-0.2, 0) is 4.74 Å². The van der Waals surface area contributed by atoms with Gasteiger partial charge in [-0.3, -0.25) is 4.79 Å². The van der Waals surface area contributed by atoms with Crippen LogP contribution in [0.25, 0.3) is 11.1 Å². The first-order valence-electron chi connectivity index (χ1n) is 7.52. The first-order valence-corrected chi connectivity index (χ1v) is 9.57. The number of methoxy groups -OCH3 is 1. The highest BCUT2D eigenvalue weighted by Gasteiger charge is 2.22. The average Bonchev–Trinajstić information content (AvgIpc) is 3.05. The van der Waals surface area contributed by atoms with Crippen LogP contribution in [0.4, 0.5) is 5.00 Å². The maximum atomic E-state index is 12.5. The molecular formula is C19H13BrClNO3S. The lowest BCUT2D eigenvalue weighted by atomic mass is 10.0. The molecule has 7 heteroatoms. The van der Waals surface area contributed by atoms with Gasteiger partial charge in [0.25, 0.3) is 5.91 Å². The second-order valence-corrected chi connectivity index (χ2v) is 7.55. The number of carbonyl (C=O) groups is 2. The normalized spacial score (nSPS) is 10.4. The Hall–Kier alpha value is -2.15. The molecule has 1 amide bonds. The van der Waals surface area contributed by atoms with E-state index in [0.717, 1.165) is 10.0 Å². The van der Waals surface area contributed by atoms with Crippen molar-refractivity contribution in [2.75, 3.05) is 12.4 Å². The fourth-order valence-corrected chi connectivity index (χ4v) is 3.81. The van der Waals surface area contributed by atoms with Gasteiger partial charge in [0, 0.05) is 26.0 Å². The van der Waals surface area contributed by atoms with E-state index in [0.29, 0.717) is 26.7 Å². The zero-order valence-corrected chi connectivity index (χ0v) is 16.7. The molecule has 0 aliphatic rings. The van der Waals surface area contributed by atoms with Crippen molar-refractivity contribution in [1.29, 1.82) is 0 Å². The summed E-state index contributed by atoms with van der Waals surface area (Å²) in [7, 11) is 1.31. The number of hydrogen-bond acceptors (Lipinski definition) is 4. The van der Waals surface area contributed by atoms with Crippen LogP contribution in [0.2, 0.25) is 5.02 Å². The topological polar surface area (TPSA) is 55.4 Å². The van der Waals surface area contributed by atoms with Gasteiger partial charge in [-0.25, -0.2) is 4.79 Å². The van der Waals surface area contributed by atoms with Crippen molar-refractivity contribution in [3.63, 3.8) is 0 Å². The van der Waals surface area contributed by atoms with Gasteiger partial charge in [-0.1, -0.05) is 45.7 Å². The summed E-state index contributed by atoms with van der Waals surface area (Å²) >= 11 is 10.6. The Morgan fingerprint density at radius 1 is 1.15 bits per heavy atom. The van der Waals surface area contributed by atoms with Crippen LogP contribution in [0.15, 0.2) is 58.4 Å². The number of rotatable bonds is 4. The Morgan fingerprint density at radius 2 is 1.88 bits per heavy atom. The molecule has 0 spiro atoms. The molecule has 3 aromatic rings. The minimum atomic E-state index is -0.509. The predicted octanol–water partition coefficient (Wildman–Crippen LogP) is 5.87. The highest BCUT2D eigenvalue weighted by molar-refractivity contribution is 9.10. The number of anilines is 1. The van der Waals surface area contributed by atoms with E-state index in [1.54, 1.807) is 24.3 Å². The van der Waals surface area contributed by atoms with Gasteiger partial charge >= 0.3 is 5.97 Å². The molecule has 2 aromatic carbocycles. The number of amides is 1. The Kier molecular flexibility index (Phi) is 5.76. The minimum Gasteiger partial charge on any atom is -0.465 e. The molecule has 0 fully saturated rings. The zero-order valence-electron chi connectivity index (χ0n) is 13.6. The van der Waals surface area contributed by atoms with Crippen LogP contribution in [0.3, 0.4) is 0 Å². The second kappa shape index (κ2) is 8.03. The molecule has 4 nitrogen and oxygen atoms in total. The smallest absolute Gasteiger partial charge is 0.341 e. The van der Waals surface area contributed by atoms with Crippen LogP contribution in [0.5, 0.6) is 0 Å². The summed E-state index contributed by atoms with van der Waals surface area (Å²) in [5.41, 5.74) is 2.30. The summed E-state index contributed by atoms with van der Waals surface area (Å²) in [6.45, 7) is 0. The van der Waals surface area contributed by atoms with E-state index in [1.165, 1.54) is 18.4 Å². The molecule has 1 aromatic heterocycles. The molecule has 0 saturated carbocycles. The van der Waals surface area contributed by atoms with Gasteiger partial charge in [0.2, 0.25) is 0 Å². The standard InChI is InChI=1S/C19H13BrClNO3S/c1-25-19(24)16-15(11-5-7-13(20)8-6-11)10-26-18(16)22-17(23)12-3-2-4-14(21)9-12/h2-10H,1H3,(H,22,23). The lowest BCUT2D eigenvalue weighted by molar-refractivity contribution is 0.0603. The van der Waals surface area contributed by atoms with Crippen LogP contribution in [0.1, 0.15) is 20.7 Å². The molecule has 132 valence electrons. The summed E-state index contributed by atoms with van der Waals surface area (Å²) in [4.78, 5) is 24.8. The quantitative estimate of drug-likeness (QED) is 0.506. The minimum absolute atomic E-state index is 0.329. The van der Waals surface area contributed by atoms with Gasteiger partial charge < -0.3 is 10.1 Å². The highest BCUT2D eigenvalue weighted by atomic mass is 79.9. The lowest BCUT2D eigenvalue weighted by Gasteiger charge is -2.08. The molecule has 0 saturated heterocycles. The van der Waals surface area contributed by atoms with E-state index < -0.39 is 5.97 Å². The van der Waals surface area contributed by atoms with Crippen molar-refractivity contribution in [3.05, 3.63) is 74.5 Å². The number of thiophene rings is 1. The molecule has 1 N–H and O–H groups in total. The second-order valence-electron chi connectivity index (χ2n) is 5.32. The van der Waals surface area contributed by atoms with Crippen molar-refractivity contribution < 1.29 is 14.3 Å². The molecule has 3 rings (SSSR count). The van der Waals surface area contributed by atoms with Gasteiger partial charge in [-0.2, -0.15) is 0 Å². The highest BCUT2D eigenvalue weighted by Crippen LogP contribution is 2.36. The van der Waals surface area contributed by atoms with Crippen LogP contribution in [0, 0.1) is 0 Å². The summed E-state index contributed by atoms with van der Waals surface area (Å²) < 4.78 is 5.85. The lowest BCUT2D eigenvalue weighted by Crippen LogP contribution is -2.14. The third kappa shape index (κ3) is 3.98. The molecule has 0 aliphatic heterocycles. The summed E-state index contributed by atoms with van der Waals surface area (Å²) in [6, 6.07) is 14.2. The maximum absolute atomic E-state index is 12.5. The predicted molar refractivity (Wildman–Crippen MR) is 108 cm³/mol. The monoisotopic (exact) mass is 449 g/mol. The van der Waals surface area contributed by atoms with Crippen molar-refractivity contribution in [2.45, 2.75) is 0 Å². The molecule has 0 unspecified atom stereocenters. The van der Waals surface area contributed by atoms with Crippen molar-refractivity contribution in [1.82, 2.24) is 0 Å². The zero-order chi connectivity index (χ0) is 18.7. The molecule has 0 bridgehead atoms. The molecule has 0 radical (unpaired) electrons. The molecule has 1 heterocycles. The largest absolute Gasteiger partial charge is 0.465 e. The number of nitrogens with one attached hydrogen (secondary N) is 1. The Balaban J connectivity index is 1.98. The first-order chi connectivity index (χ1) is 12.5. The van der Waals surface area contributed by atoms with Crippen LogP contribution in [-0.4, -0.2) is 19.0 Å². The van der Waals surface area contributed by atoms with Crippen LogP contribution >= 0.6 is 38.9 Å². The van der Waals surface area contributed by atoms with Gasteiger partial charge in [0.05, 0.1) is 7.11 Å². The third-order valence-corrected chi connectivity index (χ3v) is 5.31. The fourth-order valence-electron chi connectivity index (χ4n) is 2.40. The van der Waals surface area contributed by atoms with Gasteiger partial charge in [0.15, 0.2) is 0 Å². The maximum Gasteiger partial charge on any atom is 0.341 e. The summed E-state index contributed by atoms with van der Waals surface area (Å²) in [5, 5.41) is 5.50. The first kappa shape index (κ1) is 18.6. The summed E-state index contributed by atoms with van der Waals surface area (Å²) in [6.07, 6.45) is 0. The van der Waals surface area contributed by atoms with E-state index in [9.17, 15) is 9.59 Å². The number of hydrogen-bond donors (Lipinski definition) is 1. The molecule has 26 heavy (non-hydrogen) atoms. The average molecular weight is 451 g/mol. The fraction of sp³-hybridized carbons (Fsp3) is 0.0526. The van der Waals surface area contributed by atoms with E-state index in [-0.39, 0.29) is 5.91 Å². The molecular weight excluding hydrogens is 438 g/mol. The van der Waals surface area contributed by atoms with E-state index in [1.807, 2.05) is 29.6 Å². The molecule has 0 aliphatic carbocycles. The van der Waals surface area contributed by atoms with Crippen molar-refractivity contribution in [3.8, 4) is 11.1 Å². The van der Waals surface area contributed by atoms with Crippen LogP contribution < -0.4 is 5.32 Å². The molecule has 0 atom stereocenters. The van der Waals surface area contributed by atoms with Crippen molar-refractivity contribution in [2.24, 2.45) is 0 Å². The number of ether oxygens (including phenoxy) is 1. The Morgan fingerprint density at radius 3 is 2.54 bits per heavy atom. The SMILES string of the molecule is COC(=O)c1c(-c2ccc(Br)cc2)csc1NC(=O)c1cccc(Cl)c1. The van der Waals surface area contributed by atoms with Crippen molar-refractivity contribution >= 4 is 55.7 Å². The van der Waals surface area contributed by atoms with E-state index >= 15 is 0 Å². The van der Waals surface area contributed by atoms with E-state index in [2.05, 4.69) is 21.2 Å².